The summed E-state index contributed by atoms with van der Waals surface area (Å²) in [5.41, 5.74) is 2.82. The second-order valence-corrected chi connectivity index (χ2v) is 5.91. The van der Waals surface area contributed by atoms with Crippen molar-refractivity contribution in [1.29, 1.82) is 0 Å². The van der Waals surface area contributed by atoms with Crippen LogP contribution in [-0.4, -0.2) is 34.7 Å². The van der Waals surface area contributed by atoms with E-state index in [1.807, 2.05) is 11.0 Å². The van der Waals surface area contributed by atoms with Crippen LogP contribution in [0.5, 0.6) is 0 Å². The molecular formula is C17H20N2O2. The van der Waals surface area contributed by atoms with Gasteiger partial charge in [0.05, 0.1) is 0 Å². The van der Waals surface area contributed by atoms with Crippen molar-refractivity contribution in [2.24, 2.45) is 5.92 Å². The van der Waals surface area contributed by atoms with Crippen LogP contribution in [0.2, 0.25) is 0 Å². The summed E-state index contributed by atoms with van der Waals surface area (Å²) in [4.78, 5) is 29.7. The fraction of sp³-hybridized carbons (Fsp3) is 0.471. The van der Waals surface area contributed by atoms with Crippen molar-refractivity contribution in [3.63, 3.8) is 0 Å². The van der Waals surface area contributed by atoms with Crippen molar-refractivity contribution in [2.75, 3.05) is 13.1 Å². The normalized spacial score (nSPS) is 18.9. The zero-order valence-electron chi connectivity index (χ0n) is 12.3. The molecule has 110 valence electrons. The molecule has 4 nitrogen and oxygen atoms in total. The van der Waals surface area contributed by atoms with Crippen LogP contribution < -0.4 is 0 Å². The van der Waals surface area contributed by atoms with E-state index in [-0.39, 0.29) is 11.7 Å². The number of Topliss-reactive ketones (excluding diaryl/α,β-unsaturated/α-hetero) is 1. The van der Waals surface area contributed by atoms with Gasteiger partial charge in [0.2, 0.25) is 5.91 Å². The largest absolute Gasteiger partial charge is 0.338 e. The molecule has 0 spiro atoms. The summed E-state index contributed by atoms with van der Waals surface area (Å²) in [6.45, 7) is 3.00. The number of rotatable bonds is 3. The van der Waals surface area contributed by atoms with Gasteiger partial charge >= 0.3 is 0 Å². The van der Waals surface area contributed by atoms with Crippen molar-refractivity contribution in [3.8, 4) is 0 Å². The molecular weight excluding hydrogens is 264 g/mol. The highest BCUT2D eigenvalue weighted by molar-refractivity contribution is 5.94. The summed E-state index contributed by atoms with van der Waals surface area (Å²) in [5.74, 6) is 0.609. The maximum absolute atomic E-state index is 12.2. The van der Waals surface area contributed by atoms with Crippen LogP contribution in [-0.2, 0) is 4.79 Å². The van der Waals surface area contributed by atoms with E-state index in [9.17, 15) is 9.59 Å². The summed E-state index contributed by atoms with van der Waals surface area (Å²) >= 11 is 0. The van der Waals surface area contributed by atoms with Gasteiger partial charge in [-0.25, -0.2) is 0 Å². The van der Waals surface area contributed by atoms with Crippen molar-refractivity contribution >= 4 is 17.3 Å². The second-order valence-electron chi connectivity index (χ2n) is 5.91. The molecule has 1 aromatic rings. The minimum atomic E-state index is 0.0301. The van der Waals surface area contributed by atoms with E-state index in [0.717, 1.165) is 31.4 Å². The number of ketones is 1. The lowest BCUT2D eigenvalue weighted by atomic mass is 9.84. The van der Waals surface area contributed by atoms with Crippen LogP contribution in [0.25, 0.3) is 5.57 Å². The van der Waals surface area contributed by atoms with E-state index >= 15 is 0 Å². The van der Waals surface area contributed by atoms with E-state index in [1.165, 1.54) is 12.0 Å². The molecule has 0 radical (unpaired) electrons. The van der Waals surface area contributed by atoms with Gasteiger partial charge in [-0.3, -0.25) is 14.6 Å². The third-order valence-corrected chi connectivity index (χ3v) is 4.49. The highest BCUT2D eigenvalue weighted by Crippen LogP contribution is 2.30. The van der Waals surface area contributed by atoms with Gasteiger partial charge in [0.25, 0.3) is 0 Å². The fourth-order valence-electron chi connectivity index (χ4n) is 2.85. The standard InChI is InChI=1S/C17H20N2O2/c1-12(20)15-9-16(11-18-10-15)13-5-7-19(8-6-13)17(21)14-3-2-4-14/h5,9-11,14H,2-4,6-8H2,1H3. The van der Waals surface area contributed by atoms with Crippen molar-refractivity contribution in [2.45, 2.75) is 32.6 Å². The average Bonchev–Trinajstić information content (AvgIpc) is 2.46. The molecule has 1 aromatic heterocycles. The number of nitrogens with zero attached hydrogens (tertiary/aromatic N) is 2. The first-order valence-corrected chi connectivity index (χ1v) is 7.59. The molecule has 1 amide bonds. The minimum Gasteiger partial charge on any atom is -0.338 e. The molecule has 2 aliphatic rings. The SMILES string of the molecule is CC(=O)c1cncc(C2=CCN(C(=O)C3CCC3)CC2)c1. The molecule has 1 fully saturated rings. The fourth-order valence-corrected chi connectivity index (χ4v) is 2.85. The number of pyridine rings is 1. The molecule has 2 heterocycles. The first-order valence-electron chi connectivity index (χ1n) is 7.59. The van der Waals surface area contributed by atoms with Crippen LogP contribution >= 0.6 is 0 Å². The first-order chi connectivity index (χ1) is 10.1. The monoisotopic (exact) mass is 284 g/mol. The molecule has 0 unspecified atom stereocenters. The van der Waals surface area contributed by atoms with Crippen LogP contribution in [0.15, 0.2) is 24.5 Å². The number of hydrogen-bond donors (Lipinski definition) is 0. The number of carbonyl (C=O) groups is 2. The second kappa shape index (κ2) is 5.80. The van der Waals surface area contributed by atoms with E-state index in [1.54, 1.807) is 19.3 Å². The smallest absolute Gasteiger partial charge is 0.225 e. The number of hydrogen-bond acceptors (Lipinski definition) is 3. The number of carbonyl (C=O) groups excluding carboxylic acids is 2. The predicted molar refractivity (Wildman–Crippen MR) is 80.8 cm³/mol. The maximum atomic E-state index is 12.2. The van der Waals surface area contributed by atoms with Crippen LogP contribution in [0.3, 0.4) is 0 Å². The minimum absolute atomic E-state index is 0.0301. The molecule has 3 rings (SSSR count). The first kappa shape index (κ1) is 14.0. The Morgan fingerprint density at radius 2 is 2.10 bits per heavy atom. The summed E-state index contributed by atoms with van der Waals surface area (Å²) in [6.07, 6.45) is 9.62. The topological polar surface area (TPSA) is 50.3 Å². The molecule has 1 aliphatic heterocycles. The lowest BCUT2D eigenvalue weighted by Crippen LogP contribution is -2.41. The Balaban J connectivity index is 1.70. The lowest BCUT2D eigenvalue weighted by Gasteiger charge is -2.33. The Morgan fingerprint density at radius 3 is 2.67 bits per heavy atom. The number of aromatic nitrogens is 1. The van der Waals surface area contributed by atoms with Crippen LogP contribution in [0.1, 0.15) is 48.5 Å². The summed E-state index contributed by atoms with van der Waals surface area (Å²) in [5, 5.41) is 0. The highest BCUT2D eigenvalue weighted by Gasteiger charge is 2.30. The van der Waals surface area contributed by atoms with Gasteiger partial charge in [0.1, 0.15) is 0 Å². The number of amides is 1. The Bertz CT molecular complexity index is 603. The van der Waals surface area contributed by atoms with Gasteiger partial charge in [0.15, 0.2) is 5.78 Å². The van der Waals surface area contributed by atoms with E-state index < -0.39 is 0 Å². The van der Waals surface area contributed by atoms with Crippen LogP contribution in [0.4, 0.5) is 0 Å². The molecule has 0 bridgehead atoms. The molecule has 21 heavy (non-hydrogen) atoms. The molecule has 0 aromatic carbocycles. The predicted octanol–water partition coefficient (Wildman–Crippen LogP) is 2.70. The van der Waals surface area contributed by atoms with Crippen molar-refractivity contribution < 1.29 is 9.59 Å². The lowest BCUT2D eigenvalue weighted by molar-refractivity contribution is -0.137. The Hall–Kier alpha value is -1.97. The molecule has 0 N–H and O–H groups in total. The third-order valence-electron chi connectivity index (χ3n) is 4.49. The van der Waals surface area contributed by atoms with Gasteiger partial charge in [-0.15, -0.1) is 0 Å². The van der Waals surface area contributed by atoms with Crippen LogP contribution in [0, 0.1) is 5.92 Å². The van der Waals surface area contributed by atoms with Crippen molar-refractivity contribution in [1.82, 2.24) is 9.88 Å². The van der Waals surface area contributed by atoms with Gasteiger partial charge in [-0.2, -0.15) is 0 Å². The molecule has 4 heteroatoms. The maximum Gasteiger partial charge on any atom is 0.225 e. The van der Waals surface area contributed by atoms with Gasteiger partial charge in [-0.05, 0) is 43.4 Å². The van der Waals surface area contributed by atoms with Gasteiger partial charge < -0.3 is 4.90 Å². The van der Waals surface area contributed by atoms with Crippen molar-refractivity contribution in [3.05, 3.63) is 35.7 Å². The summed E-state index contributed by atoms with van der Waals surface area (Å²) in [6, 6.07) is 1.89. The molecule has 1 saturated carbocycles. The Kier molecular flexibility index (Phi) is 3.86. The third kappa shape index (κ3) is 2.89. The molecule has 0 atom stereocenters. The highest BCUT2D eigenvalue weighted by atomic mass is 16.2. The Labute approximate surface area is 124 Å². The average molecular weight is 284 g/mol. The quantitative estimate of drug-likeness (QED) is 0.802. The summed E-state index contributed by atoms with van der Waals surface area (Å²) in [7, 11) is 0. The zero-order chi connectivity index (χ0) is 14.8. The molecule has 0 saturated heterocycles. The molecule has 1 aliphatic carbocycles. The van der Waals surface area contributed by atoms with E-state index in [4.69, 9.17) is 0 Å². The van der Waals surface area contributed by atoms with E-state index in [0.29, 0.717) is 18.0 Å². The summed E-state index contributed by atoms with van der Waals surface area (Å²) < 4.78 is 0. The van der Waals surface area contributed by atoms with Gasteiger partial charge in [0, 0.05) is 37.0 Å². The van der Waals surface area contributed by atoms with E-state index in [2.05, 4.69) is 11.1 Å². The van der Waals surface area contributed by atoms with Gasteiger partial charge in [-0.1, -0.05) is 12.5 Å². The zero-order valence-corrected chi connectivity index (χ0v) is 12.3. The Morgan fingerprint density at radius 1 is 1.29 bits per heavy atom.